The number of benzene rings is 3. The Morgan fingerprint density at radius 2 is 1.74 bits per heavy atom. The average molecular weight is 570 g/mol. The van der Waals surface area contributed by atoms with Crippen molar-refractivity contribution in [3.8, 4) is 5.75 Å². The number of nitrogens with two attached hydrogens (primary N) is 1. The van der Waals surface area contributed by atoms with Crippen LogP contribution in [0.5, 0.6) is 5.75 Å². The van der Waals surface area contributed by atoms with Crippen LogP contribution in [0.25, 0.3) is 0 Å². The van der Waals surface area contributed by atoms with Crippen LogP contribution in [-0.2, 0) is 26.5 Å². The van der Waals surface area contributed by atoms with Crippen LogP contribution in [0, 0.1) is 5.92 Å². The van der Waals surface area contributed by atoms with Gasteiger partial charge in [0.25, 0.3) is 11.8 Å². The molecule has 42 heavy (non-hydrogen) atoms. The van der Waals surface area contributed by atoms with E-state index < -0.39 is 5.54 Å². The number of amides is 3. The number of hydrogen-bond donors (Lipinski definition) is 2. The highest BCUT2D eigenvalue weighted by Crippen LogP contribution is 2.45. The maximum atomic E-state index is 13.8. The number of piperidine rings is 1. The Kier molecular flexibility index (Phi) is 8.53. The summed E-state index contributed by atoms with van der Waals surface area (Å²) < 4.78 is 11.0. The number of anilines is 1. The fourth-order valence-corrected chi connectivity index (χ4v) is 5.69. The molecule has 5 rings (SSSR count). The Balaban J connectivity index is 1.34. The summed E-state index contributed by atoms with van der Waals surface area (Å²) in [4.78, 5) is 47.5. The number of nitrogens with zero attached hydrogens (tertiary/aromatic N) is 3. The lowest BCUT2D eigenvalue weighted by molar-refractivity contribution is -0.133. The molecular weight excluding hydrogens is 534 g/mol. The SMILES string of the molecule is COCC(=O)Nc1cccc(C2(C3CCN(C(=O)c4ccccc4OCc4ccccc4)CC3)N=C(N)N(C)C2=O)c1. The lowest BCUT2D eigenvalue weighted by atomic mass is 9.73. The smallest absolute Gasteiger partial charge is 0.261 e. The highest BCUT2D eigenvalue weighted by atomic mass is 16.5. The van der Waals surface area contributed by atoms with Gasteiger partial charge in [0, 0.05) is 38.9 Å². The number of rotatable bonds is 9. The van der Waals surface area contributed by atoms with Gasteiger partial charge in [-0.05, 0) is 48.2 Å². The maximum absolute atomic E-state index is 13.8. The third kappa shape index (κ3) is 5.71. The van der Waals surface area contributed by atoms with Crippen LogP contribution < -0.4 is 15.8 Å². The summed E-state index contributed by atoms with van der Waals surface area (Å²) in [6.45, 7) is 1.15. The molecule has 3 aromatic carbocycles. The van der Waals surface area contributed by atoms with Crippen LogP contribution >= 0.6 is 0 Å². The molecule has 2 aliphatic rings. The number of hydrogen-bond acceptors (Lipinski definition) is 7. The van der Waals surface area contributed by atoms with Gasteiger partial charge in [0.05, 0.1) is 5.56 Å². The van der Waals surface area contributed by atoms with E-state index in [4.69, 9.17) is 20.2 Å². The van der Waals surface area contributed by atoms with Crippen LogP contribution in [-0.4, -0.2) is 67.3 Å². The Hall–Kier alpha value is -4.70. The summed E-state index contributed by atoms with van der Waals surface area (Å²) >= 11 is 0. The quantitative estimate of drug-likeness (QED) is 0.407. The summed E-state index contributed by atoms with van der Waals surface area (Å²) in [5, 5.41) is 2.80. The van der Waals surface area contributed by atoms with Gasteiger partial charge in [-0.1, -0.05) is 54.6 Å². The van der Waals surface area contributed by atoms with Crippen molar-refractivity contribution in [2.45, 2.75) is 25.0 Å². The normalized spacial score (nSPS) is 19.0. The molecule has 0 bridgehead atoms. The first kappa shape index (κ1) is 28.8. The van der Waals surface area contributed by atoms with Crippen molar-refractivity contribution < 1.29 is 23.9 Å². The minimum Gasteiger partial charge on any atom is -0.488 e. The predicted octanol–water partition coefficient (Wildman–Crippen LogP) is 3.38. The number of likely N-dealkylation sites (tertiary alicyclic amines) is 1. The van der Waals surface area contributed by atoms with E-state index in [0.717, 1.165) is 5.56 Å². The zero-order valence-corrected chi connectivity index (χ0v) is 23.8. The Morgan fingerprint density at radius 1 is 1.02 bits per heavy atom. The van der Waals surface area contributed by atoms with Gasteiger partial charge in [-0.25, -0.2) is 4.99 Å². The van der Waals surface area contributed by atoms with E-state index >= 15 is 0 Å². The molecule has 2 heterocycles. The van der Waals surface area contributed by atoms with Gasteiger partial charge < -0.3 is 25.4 Å². The first-order chi connectivity index (χ1) is 20.3. The van der Waals surface area contributed by atoms with Gasteiger partial charge in [-0.15, -0.1) is 0 Å². The van der Waals surface area contributed by atoms with Crippen molar-refractivity contribution in [1.29, 1.82) is 0 Å². The minimum absolute atomic E-state index is 0.0882. The number of para-hydroxylation sites is 1. The Bertz CT molecular complexity index is 1490. The molecule has 10 nitrogen and oxygen atoms in total. The molecule has 218 valence electrons. The monoisotopic (exact) mass is 569 g/mol. The molecule has 10 heteroatoms. The highest BCUT2D eigenvalue weighted by molar-refractivity contribution is 6.07. The van der Waals surface area contributed by atoms with Gasteiger partial charge in [-0.2, -0.15) is 0 Å². The van der Waals surface area contributed by atoms with Crippen LogP contribution in [0.1, 0.15) is 34.3 Å². The van der Waals surface area contributed by atoms with E-state index in [9.17, 15) is 14.4 Å². The molecule has 0 spiro atoms. The highest BCUT2D eigenvalue weighted by Gasteiger charge is 2.54. The molecule has 1 atom stereocenters. The van der Waals surface area contributed by atoms with Crippen molar-refractivity contribution in [2.75, 3.05) is 39.2 Å². The largest absolute Gasteiger partial charge is 0.488 e. The second-order valence-corrected chi connectivity index (χ2v) is 10.5. The molecule has 0 aliphatic carbocycles. The van der Waals surface area contributed by atoms with Crippen molar-refractivity contribution in [1.82, 2.24) is 9.80 Å². The zero-order valence-electron chi connectivity index (χ0n) is 23.8. The van der Waals surface area contributed by atoms with Gasteiger partial charge in [-0.3, -0.25) is 19.3 Å². The summed E-state index contributed by atoms with van der Waals surface area (Å²) in [5.74, 6) is -0.204. The van der Waals surface area contributed by atoms with Crippen LogP contribution in [0.2, 0.25) is 0 Å². The van der Waals surface area contributed by atoms with Gasteiger partial charge >= 0.3 is 0 Å². The van der Waals surface area contributed by atoms with Crippen LogP contribution in [0.3, 0.4) is 0 Å². The number of aliphatic imine (C=N–C) groups is 1. The van der Waals surface area contributed by atoms with Gasteiger partial charge in [0.1, 0.15) is 19.0 Å². The Morgan fingerprint density at radius 3 is 2.43 bits per heavy atom. The van der Waals surface area contributed by atoms with E-state index in [1.54, 1.807) is 42.3 Å². The Labute approximate surface area is 245 Å². The fraction of sp³-hybridized carbons (Fsp3) is 0.312. The van der Waals surface area contributed by atoms with Gasteiger partial charge in [0.15, 0.2) is 11.5 Å². The lowest BCUT2D eigenvalue weighted by Gasteiger charge is -2.40. The average Bonchev–Trinajstić information content (AvgIpc) is 3.25. The van der Waals surface area contributed by atoms with Crippen LogP contribution in [0.15, 0.2) is 83.9 Å². The van der Waals surface area contributed by atoms with E-state index in [0.29, 0.717) is 55.1 Å². The standard InChI is InChI=1S/C32H35N5O5/c1-36-30(40)32(35-31(36)33,24-11-8-12-25(19-24)34-28(38)21-41-2)23-15-17-37(18-16-23)29(39)26-13-6-7-14-27(26)42-20-22-9-4-3-5-10-22/h3-14,19,23H,15-18,20-21H2,1-2H3,(H2,33,35)(H,34,38). The van der Waals surface area contributed by atoms with Crippen molar-refractivity contribution in [2.24, 2.45) is 16.6 Å². The van der Waals surface area contributed by atoms with E-state index in [1.165, 1.54) is 12.0 Å². The van der Waals surface area contributed by atoms with E-state index in [1.807, 2.05) is 48.5 Å². The molecule has 0 saturated carbocycles. The topological polar surface area (TPSA) is 127 Å². The second-order valence-electron chi connectivity index (χ2n) is 10.5. The number of methoxy groups -OCH3 is 1. The molecule has 0 aromatic heterocycles. The summed E-state index contributed by atoms with van der Waals surface area (Å²) in [6, 6.07) is 24.2. The number of ether oxygens (including phenoxy) is 2. The maximum Gasteiger partial charge on any atom is 0.261 e. The van der Waals surface area contributed by atoms with Crippen LogP contribution in [0.4, 0.5) is 5.69 Å². The summed E-state index contributed by atoms with van der Waals surface area (Å²) in [7, 11) is 3.06. The number of carbonyl (C=O) groups excluding carboxylic acids is 3. The summed E-state index contributed by atoms with van der Waals surface area (Å²) in [6.07, 6.45) is 1.07. The minimum atomic E-state index is -1.26. The van der Waals surface area contributed by atoms with E-state index in [-0.39, 0.29) is 36.2 Å². The van der Waals surface area contributed by atoms with Crippen molar-refractivity contribution in [3.05, 3.63) is 95.6 Å². The third-order valence-electron chi connectivity index (χ3n) is 7.85. The molecule has 0 radical (unpaired) electrons. The number of guanidine groups is 1. The second kappa shape index (κ2) is 12.4. The third-order valence-corrected chi connectivity index (χ3v) is 7.85. The first-order valence-electron chi connectivity index (χ1n) is 13.9. The molecule has 1 unspecified atom stereocenters. The van der Waals surface area contributed by atoms with Gasteiger partial charge in [0.2, 0.25) is 5.91 Å². The molecule has 1 saturated heterocycles. The number of carbonyl (C=O) groups is 3. The zero-order chi connectivity index (χ0) is 29.7. The molecule has 3 aromatic rings. The van der Waals surface area contributed by atoms with Crippen molar-refractivity contribution >= 4 is 29.4 Å². The molecule has 2 aliphatic heterocycles. The first-order valence-corrected chi connectivity index (χ1v) is 13.9. The molecule has 3 N–H and O–H groups in total. The predicted molar refractivity (Wildman–Crippen MR) is 159 cm³/mol. The number of nitrogens with one attached hydrogen (secondary N) is 1. The molecule has 3 amide bonds. The van der Waals surface area contributed by atoms with Crippen molar-refractivity contribution in [3.63, 3.8) is 0 Å². The summed E-state index contributed by atoms with van der Waals surface area (Å²) in [5.41, 5.74) is 7.60. The number of likely N-dealkylation sites (N-methyl/N-ethyl adjacent to an activating group) is 1. The molecule has 1 fully saturated rings. The fourth-order valence-electron chi connectivity index (χ4n) is 5.69. The molecular formula is C32H35N5O5. The van der Waals surface area contributed by atoms with E-state index in [2.05, 4.69) is 5.32 Å². The lowest BCUT2D eigenvalue weighted by Crippen LogP contribution is -2.49.